The van der Waals surface area contributed by atoms with E-state index in [4.69, 9.17) is 0 Å². The number of hydrogen-bond acceptors (Lipinski definition) is 2. The van der Waals surface area contributed by atoms with Crippen LogP contribution in [-0.4, -0.2) is 36.6 Å². The van der Waals surface area contributed by atoms with E-state index in [-0.39, 0.29) is 6.42 Å². The Morgan fingerprint density at radius 3 is 1.11 bits per heavy atom. The number of hydrogen-bond donors (Lipinski definition) is 0. The lowest BCUT2D eigenvalue weighted by Crippen LogP contribution is -2.48. The van der Waals surface area contributed by atoms with E-state index in [0.717, 1.165) is 12.8 Å². The van der Waals surface area contributed by atoms with E-state index < -0.39 is 5.97 Å². The van der Waals surface area contributed by atoms with E-state index in [2.05, 4.69) is 20.8 Å². The summed E-state index contributed by atoms with van der Waals surface area (Å²) < 4.78 is 1.31. The van der Waals surface area contributed by atoms with Gasteiger partial charge in [0.2, 0.25) is 0 Å². The van der Waals surface area contributed by atoms with Crippen molar-refractivity contribution in [3.05, 3.63) is 0 Å². The quantitative estimate of drug-likeness (QED) is 0.160. The first-order chi connectivity index (χ1) is 13.6. The molecule has 0 bridgehead atoms. The lowest BCUT2D eigenvalue weighted by atomic mass is 10.0. The fourth-order valence-corrected chi connectivity index (χ4v) is 4.34. The molecule has 0 radical (unpaired) electrons. The average Bonchev–Trinajstić information content (AvgIpc) is 2.70. The molecule has 0 fully saturated rings. The first-order valence-electron chi connectivity index (χ1n) is 12.6. The highest BCUT2D eigenvalue weighted by Gasteiger charge is 2.19. The third-order valence-corrected chi connectivity index (χ3v) is 6.78. The summed E-state index contributed by atoms with van der Waals surface area (Å²) >= 11 is 0. The zero-order valence-corrected chi connectivity index (χ0v) is 19.6. The predicted octanol–water partition coefficient (Wildman–Crippen LogP) is 6.24. The first-order valence-corrected chi connectivity index (χ1v) is 12.6. The zero-order valence-electron chi connectivity index (χ0n) is 19.6. The molecule has 0 atom stereocenters. The molecule has 0 rings (SSSR count). The van der Waals surface area contributed by atoms with Gasteiger partial charge in [-0.15, -0.1) is 0 Å². The summed E-state index contributed by atoms with van der Waals surface area (Å²) in [4.78, 5) is 10.3. The molecule has 0 N–H and O–H groups in total. The van der Waals surface area contributed by atoms with E-state index >= 15 is 0 Å². The maximum atomic E-state index is 10.3. The molecule has 0 unspecified atom stereocenters. The molecule has 3 nitrogen and oxygen atoms in total. The highest BCUT2D eigenvalue weighted by molar-refractivity contribution is 5.63. The molecular weight excluding hydrogens is 346 g/mol. The number of quaternary nitrogens is 1. The van der Waals surface area contributed by atoms with E-state index in [9.17, 15) is 9.90 Å². The second kappa shape index (κ2) is 19.7. The molecule has 0 saturated heterocycles. The van der Waals surface area contributed by atoms with Crippen LogP contribution in [0.5, 0.6) is 0 Å². The molecule has 0 aromatic heterocycles. The van der Waals surface area contributed by atoms with E-state index in [1.807, 2.05) is 0 Å². The van der Waals surface area contributed by atoms with Gasteiger partial charge in [0.25, 0.3) is 0 Å². The van der Waals surface area contributed by atoms with E-state index in [1.54, 1.807) is 0 Å². The summed E-state index contributed by atoms with van der Waals surface area (Å²) in [5, 5.41) is 10.3. The average molecular weight is 398 g/mol. The van der Waals surface area contributed by atoms with Crippen molar-refractivity contribution in [2.45, 2.75) is 130 Å². The number of aliphatic carboxylic acids is 1. The molecule has 3 heteroatoms. The van der Waals surface area contributed by atoms with Crippen LogP contribution in [0.2, 0.25) is 0 Å². The Hall–Kier alpha value is -0.570. The Bertz CT molecular complexity index is 331. The Morgan fingerprint density at radius 2 is 0.821 bits per heavy atom. The molecule has 0 aliphatic heterocycles. The Kier molecular flexibility index (Phi) is 19.3. The first kappa shape index (κ1) is 27.4. The zero-order chi connectivity index (χ0) is 20.9. The number of rotatable bonds is 22. The monoisotopic (exact) mass is 397 g/mol. The summed E-state index contributed by atoms with van der Waals surface area (Å²) in [5.41, 5.74) is 0. The minimum atomic E-state index is -0.902. The standard InChI is InChI=1S/C25H51NO2/c1-4-26(5-2,6-3)24-22-20-18-16-14-12-10-8-7-9-11-13-15-17-19-21-23-25(27)28/h4-24H2,1-3H3. The number of nitrogens with zero attached hydrogens (tertiary/aromatic N) is 1. The highest BCUT2D eigenvalue weighted by Crippen LogP contribution is 2.15. The van der Waals surface area contributed by atoms with E-state index in [0.29, 0.717) is 0 Å². The fourth-order valence-electron chi connectivity index (χ4n) is 4.34. The summed E-state index contributed by atoms with van der Waals surface area (Å²) in [6, 6.07) is 0. The predicted molar refractivity (Wildman–Crippen MR) is 120 cm³/mol. The fraction of sp³-hybridized carbons (Fsp3) is 0.960. The molecule has 0 saturated carbocycles. The minimum Gasteiger partial charge on any atom is -0.550 e. The van der Waals surface area contributed by atoms with Crippen LogP contribution in [0.4, 0.5) is 0 Å². The van der Waals surface area contributed by atoms with Crippen LogP contribution < -0.4 is 5.11 Å². The topological polar surface area (TPSA) is 40.1 Å². The summed E-state index contributed by atoms with van der Waals surface area (Å²) in [6.45, 7) is 12.3. The van der Waals surface area contributed by atoms with Crippen LogP contribution in [0.25, 0.3) is 0 Å². The molecule has 28 heavy (non-hydrogen) atoms. The van der Waals surface area contributed by atoms with Crippen LogP contribution in [-0.2, 0) is 4.79 Å². The van der Waals surface area contributed by atoms with Gasteiger partial charge in [-0.25, -0.2) is 0 Å². The van der Waals surface area contributed by atoms with Crippen molar-refractivity contribution in [3.8, 4) is 0 Å². The van der Waals surface area contributed by atoms with Gasteiger partial charge < -0.3 is 14.4 Å². The molecule has 0 aromatic carbocycles. The smallest absolute Gasteiger partial charge is 0.0786 e. The normalized spacial score (nSPS) is 11.8. The lowest BCUT2D eigenvalue weighted by Gasteiger charge is -2.35. The summed E-state index contributed by atoms with van der Waals surface area (Å²) in [7, 11) is 0. The molecule has 0 heterocycles. The summed E-state index contributed by atoms with van der Waals surface area (Å²) in [5.74, 6) is -0.902. The maximum absolute atomic E-state index is 10.3. The molecule has 168 valence electrons. The largest absolute Gasteiger partial charge is 0.550 e. The van der Waals surface area contributed by atoms with Crippen molar-refractivity contribution in [1.29, 1.82) is 0 Å². The van der Waals surface area contributed by atoms with Crippen LogP contribution in [0.15, 0.2) is 0 Å². The molecular formula is C25H51NO2. The van der Waals surface area contributed by atoms with Crippen molar-refractivity contribution in [3.63, 3.8) is 0 Å². The number of carbonyl (C=O) groups excluding carboxylic acids is 1. The van der Waals surface area contributed by atoms with Gasteiger partial charge in [0.05, 0.1) is 26.2 Å². The van der Waals surface area contributed by atoms with Crippen LogP contribution in [0, 0.1) is 0 Å². The minimum absolute atomic E-state index is 0.233. The lowest BCUT2D eigenvalue weighted by molar-refractivity contribution is -0.923. The van der Waals surface area contributed by atoms with Gasteiger partial charge in [-0.2, -0.15) is 0 Å². The molecule has 0 amide bonds. The van der Waals surface area contributed by atoms with Crippen LogP contribution in [0.1, 0.15) is 130 Å². The van der Waals surface area contributed by atoms with Gasteiger partial charge in [-0.3, -0.25) is 0 Å². The number of carboxylic acids is 1. The third kappa shape index (κ3) is 16.4. The summed E-state index contributed by atoms with van der Waals surface area (Å²) in [6.07, 6.45) is 21.4. The molecule has 0 aliphatic rings. The van der Waals surface area contributed by atoms with Crippen LogP contribution in [0.3, 0.4) is 0 Å². The van der Waals surface area contributed by atoms with Crippen molar-refractivity contribution in [1.82, 2.24) is 0 Å². The number of carbonyl (C=O) groups is 1. The van der Waals surface area contributed by atoms with Crippen molar-refractivity contribution >= 4 is 5.97 Å². The van der Waals surface area contributed by atoms with Gasteiger partial charge >= 0.3 is 0 Å². The Balaban J connectivity index is 3.21. The van der Waals surface area contributed by atoms with Crippen molar-refractivity contribution in [2.24, 2.45) is 0 Å². The number of carboxylic acid groups (broad SMARTS) is 1. The molecule has 0 aromatic rings. The Morgan fingerprint density at radius 1 is 0.536 bits per heavy atom. The van der Waals surface area contributed by atoms with Gasteiger partial charge in [0.15, 0.2) is 0 Å². The second-order valence-electron chi connectivity index (χ2n) is 8.79. The van der Waals surface area contributed by atoms with Crippen LogP contribution >= 0.6 is 0 Å². The van der Waals surface area contributed by atoms with Gasteiger partial charge in [0.1, 0.15) is 0 Å². The Labute approximate surface area is 176 Å². The van der Waals surface area contributed by atoms with Gasteiger partial charge in [0, 0.05) is 5.97 Å². The molecule has 0 aliphatic carbocycles. The SMILES string of the molecule is CC[N+](CC)(CC)CCCCCCCCCCCCCCCCCCC(=O)[O-]. The highest BCUT2D eigenvalue weighted by atomic mass is 16.4. The third-order valence-electron chi connectivity index (χ3n) is 6.78. The van der Waals surface area contributed by atoms with E-state index in [1.165, 1.54) is 121 Å². The van der Waals surface area contributed by atoms with Gasteiger partial charge in [-0.1, -0.05) is 83.5 Å². The van der Waals surface area contributed by atoms with Crippen molar-refractivity contribution < 1.29 is 14.4 Å². The number of unbranched alkanes of at least 4 members (excludes halogenated alkanes) is 15. The second-order valence-corrected chi connectivity index (χ2v) is 8.79. The molecule has 0 spiro atoms. The van der Waals surface area contributed by atoms with Gasteiger partial charge in [-0.05, 0) is 46.5 Å². The maximum Gasteiger partial charge on any atom is 0.0786 e. The van der Waals surface area contributed by atoms with Crippen molar-refractivity contribution in [2.75, 3.05) is 26.2 Å².